The molecule has 1 fully saturated rings. The Morgan fingerprint density at radius 3 is 1.57 bits per heavy atom. The van der Waals surface area contributed by atoms with E-state index in [9.17, 15) is 0 Å². The summed E-state index contributed by atoms with van der Waals surface area (Å²) in [5, 5.41) is 8.59. The van der Waals surface area contributed by atoms with Gasteiger partial charge in [-0.2, -0.15) is 0 Å². The number of aliphatic hydroxyl groups excluding tert-OH is 1. The van der Waals surface area contributed by atoms with E-state index in [0.717, 1.165) is 0 Å². The van der Waals surface area contributed by atoms with Gasteiger partial charge in [0.15, 0.2) is 0 Å². The topological polar surface area (TPSA) is 98.3 Å². The van der Waals surface area contributed by atoms with Gasteiger partial charge < -0.3 is 22.3 Å². The molecule has 1 rings (SSSR count). The van der Waals surface area contributed by atoms with Crippen molar-refractivity contribution in [1.29, 1.82) is 0 Å². The standard InChI is InChI=1S/C3H9N3O/c4-1-2(7)3(1,5)6/h1-2,7H,4-6H2. The van der Waals surface area contributed by atoms with Crippen LogP contribution in [0.1, 0.15) is 0 Å². The van der Waals surface area contributed by atoms with Crippen LogP contribution in [0.15, 0.2) is 0 Å². The van der Waals surface area contributed by atoms with Crippen molar-refractivity contribution in [3.8, 4) is 0 Å². The summed E-state index contributed by atoms with van der Waals surface area (Å²) in [5.74, 6) is 0. The van der Waals surface area contributed by atoms with Crippen LogP contribution in [0, 0.1) is 0 Å². The van der Waals surface area contributed by atoms with Gasteiger partial charge in [0, 0.05) is 0 Å². The van der Waals surface area contributed by atoms with Crippen LogP contribution in [0.5, 0.6) is 0 Å². The second-order valence-corrected chi connectivity index (χ2v) is 1.97. The molecule has 7 N–H and O–H groups in total. The van der Waals surface area contributed by atoms with Gasteiger partial charge in [0.05, 0.1) is 6.04 Å². The fourth-order valence-corrected chi connectivity index (χ4v) is 0.435. The number of hydrogen-bond donors (Lipinski definition) is 4. The van der Waals surface area contributed by atoms with E-state index in [2.05, 4.69) is 0 Å². The summed E-state index contributed by atoms with van der Waals surface area (Å²) in [7, 11) is 0. The molecule has 0 heterocycles. The summed E-state index contributed by atoms with van der Waals surface area (Å²) in [6.07, 6.45) is -0.701. The van der Waals surface area contributed by atoms with Crippen molar-refractivity contribution in [2.75, 3.05) is 0 Å². The highest BCUT2D eigenvalue weighted by Crippen LogP contribution is 2.24. The fourth-order valence-electron chi connectivity index (χ4n) is 0.435. The van der Waals surface area contributed by atoms with Gasteiger partial charge >= 0.3 is 0 Å². The van der Waals surface area contributed by atoms with E-state index in [0.29, 0.717) is 0 Å². The molecule has 4 heteroatoms. The Balaban J connectivity index is 2.52. The average molecular weight is 103 g/mol. The van der Waals surface area contributed by atoms with E-state index in [4.69, 9.17) is 22.3 Å². The van der Waals surface area contributed by atoms with Crippen LogP contribution < -0.4 is 17.2 Å². The van der Waals surface area contributed by atoms with E-state index in [-0.39, 0.29) is 0 Å². The van der Waals surface area contributed by atoms with E-state index in [1.54, 1.807) is 0 Å². The zero-order valence-electron chi connectivity index (χ0n) is 3.83. The van der Waals surface area contributed by atoms with Gasteiger partial charge in [-0.05, 0) is 0 Å². The summed E-state index contributed by atoms with van der Waals surface area (Å²) < 4.78 is 0. The van der Waals surface area contributed by atoms with Crippen molar-refractivity contribution >= 4 is 0 Å². The minimum absolute atomic E-state index is 0.424. The Morgan fingerprint density at radius 2 is 1.57 bits per heavy atom. The Kier molecular flexibility index (Phi) is 0.695. The molecule has 1 saturated carbocycles. The summed E-state index contributed by atoms with van der Waals surface area (Å²) >= 11 is 0. The van der Waals surface area contributed by atoms with Crippen molar-refractivity contribution in [2.45, 2.75) is 17.8 Å². The first kappa shape index (κ1) is 4.99. The zero-order chi connectivity index (χ0) is 5.65. The van der Waals surface area contributed by atoms with Crippen LogP contribution in [-0.4, -0.2) is 22.9 Å². The van der Waals surface area contributed by atoms with Crippen molar-refractivity contribution in [2.24, 2.45) is 17.2 Å². The smallest absolute Gasteiger partial charge is 0.110 e. The molecule has 0 aromatic heterocycles. The SMILES string of the molecule is NC1C(O)C1(N)N. The van der Waals surface area contributed by atoms with Crippen LogP contribution in [0.3, 0.4) is 0 Å². The van der Waals surface area contributed by atoms with Gasteiger partial charge in [-0.25, -0.2) is 0 Å². The highest BCUT2D eigenvalue weighted by Gasteiger charge is 2.57. The molecule has 1 aliphatic carbocycles. The maximum atomic E-state index is 8.59. The maximum Gasteiger partial charge on any atom is 0.110 e. The first-order valence-corrected chi connectivity index (χ1v) is 2.08. The molecule has 2 unspecified atom stereocenters. The Morgan fingerprint density at radius 1 is 1.43 bits per heavy atom. The third-order valence-electron chi connectivity index (χ3n) is 1.32. The lowest BCUT2D eigenvalue weighted by Gasteiger charge is -1.94. The van der Waals surface area contributed by atoms with Gasteiger partial charge in [0.25, 0.3) is 0 Å². The molecule has 0 aromatic carbocycles. The molecular weight excluding hydrogens is 94.1 g/mol. The van der Waals surface area contributed by atoms with Crippen molar-refractivity contribution in [3.63, 3.8) is 0 Å². The van der Waals surface area contributed by atoms with Gasteiger partial charge in [-0.3, -0.25) is 0 Å². The molecule has 0 aliphatic heterocycles. The minimum Gasteiger partial charge on any atom is -0.388 e. The summed E-state index contributed by atoms with van der Waals surface area (Å²) in [6.45, 7) is 0. The summed E-state index contributed by atoms with van der Waals surface area (Å²) in [6, 6.07) is -0.424. The molecule has 4 nitrogen and oxygen atoms in total. The molecule has 0 radical (unpaired) electrons. The lowest BCUT2D eigenvalue weighted by atomic mass is 10.5. The molecule has 2 atom stereocenters. The summed E-state index contributed by atoms with van der Waals surface area (Å²) in [4.78, 5) is 0. The quantitative estimate of drug-likeness (QED) is 0.251. The molecule has 0 amide bonds. The van der Waals surface area contributed by atoms with Crippen molar-refractivity contribution < 1.29 is 5.11 Å². The van der Waals surface area contributed by atoms with Gasteiger partial charge in [-0.1, -0.05) is 0 Å². The van der Waals surface area contributed by atoms with Gasteiger partial charge in [0.1, 0.15) is 11.8 Å². The van der Waals surface area contributed by atoms with Gasteiger partial charge in [-0.15, -0.1) is 0 Å². The molecule has 0 saturated heterocycles. The number of aliphatic hydroxyl groups is 1. The second kappa shape index (κ2) is 0.976. The van der Waals surface area contributed by atoms with Crippen LogP contribution in [0.2, 0.25) is 0 Å². The molecule has 42 valence electrons. The van der Waals surface area contributed by atoms with E-state index in [1.165, 1.54) is 0 Å². The van der Waals surface area contributed by atoms with E-state index >= 15 is 0 Å². The zero-order valence-corrected chi connectivity index (χ0v) is 3.83. The molecule has 1 aliphatic rings. The maximum absolute atomic E-state index is 8.59. The Hall–Kier alpha value is -0.160. The van der Waals surface area contributed by atoms with E-state index < -0.39 is 17.8 Å². The van der Waals surface area contributed by atoms with Crippen LogP contribution in [0.4, 0.5) is 0 Å². The first-order valence-electron chi connectivity index (χ1n) is 2.08. The first-order chi connectivity index (χ1) is 3.07. The second-order valence-electron chi connectivity index (χ2n) is 1.97. The van der Waals surface area contributed by atoms with Crippen molar-refractivity contribution in [3.05, 3.63) is 0 Å². The van der Waals surface area contributed by atoms with Crippen LogP contribution >= 0.6 is 0 Å². The lowest BCUT2D eigenvalue weighted by molar-refractivity contribution is 0.247. The van der Waals surface area contributed by atoms with Crippen LogP contribution in [0.25, 0.3) is 0 Å². The molecular formula is C3H9N3O. The minimum atomic E-state index is -1.00. The van der Waals surface area contributed by atoms with Crippen molar-refractivity contribution in [1.82, 2.24) is 0 Å². The molecule has 0 aromatic rings. The highest BCUT2D eigenvalue weighted by atomic mass is 16.3. The van der Waals surface area contributed by atoms with Crippen LogP contribution in [-0.2, 0) is 0 Å². The Labute approximate surface area is 41.3 Å². The number of rotatable bonds is 0. The predicted molar refractivity (Wildman–Crippen MR) is 25.1 cm³/mol. The molecule has 0 spiro atoms. The average Bonchev–Trinajstić information content (AvgIpc) is 1.91. The normalized spacial score (nSPS) is 46.3. The van der Waals surface area contributed by atoms with Gasteiger partial charge in [0.2, 0.25) is 0 Å². The molecule has 0 bridgehead atoms. The predicted octanol–water partition coefficient (Wildman–Crippen LogP) is -2.70. The third kappa shape index (κ3) is 0.450. The lowest BCUT2D eigenvalue weighted by Crippen LogP contribution is -2.41. The summed E-state index contributed by atoms with van der Waals surface area (Å²) in [5.41, 5.74) is 14.5. The number of nitrogens with two attached hydrogens (primary N) is 3. The highest BCUT2D eigenvalue weighted by molar-refractivity contribution is 5.17. The fraction of sp³-hybridized carbons (Fsp3) is 1.00. The number of hydrogen-bond acceptors (Lipinski definition) is 4. The third-order valence-corrected chi connectivity index (χ3v) is 1.32. The molecule has 7 heavy (non-hydrogen) atoms. The Bertz CT molecular complexity index is 82.2. The largest absolute Gasteiger partial charge is 0.388 e. The monoisotopic (exact) mass is 103 g/mol. The van der Waals surface area contributed by atoms with E-state index in [1.807, 2.05) is 0 Å².